The predicted molar refractivity (Wildman–Crippen MR) is 99.2 cm³/mol. The Morgan fingerprint density at radius 1 is 1.21 bits per heavy atom. The Balaban J connectivity index is 1.75. The van der Waals surface area contributed by atoms with Crippen LogP contribution in [0, 0.1) is 0 Å². The maximum atomic E-state index is 9.71. The fourth-order valence-corrected chi connectivity index (χ4v) is 3.28. The molecular weight excluding hydrogens is 324 g/mol. The van der Waals surface area contributed by atoms with Crippen molar-refractivity contribution in [3.63, 3.8) is 0 Å². The first kappa shape index (κ1) is 16.9. The zero-order chi connectivity index (χ0) is 16.9. The molecule has 1 aliphatic rings. The Kier molecular flexibility index (Phi) is 5.48. The minimum absolute atomic E-state index is 0.169. The number of rotatable bonds is 5. The molecule has 0 amide bonds. The fraction of sp³-hybridized carbons (Fsp3) is 0.368. The SMILES string of the molecule is COc1ccc(Cl)cc1CNc1ccccc1N1CCC(O)CC1. The van der Waals surface area contributed by atoms with Crippen molar-refractivity contribution in [3.8, 4) is 5.75 Å². The Hall–Kier alpha value is -1.91. The van der Waals surface area contributed by atoms with Crippen LogP contribution >= 0.6 is 11.6 Å². The summed E-state index contributed by atoms with van der Waals surface area (Å²) >= 11 is 6.11. The van der Waals surface area contributed by atoms with E-state index >= 15 is 0 Å². The lowest BCUT2D eigenvalue weighted by molar-refractivity contribution is 0.145. The fourth-order valence-electron chi connectivity index (χ4n) is 3.08. The number of hydrogen-bond acceptors (Lipinski definition) is 4. The van der Waals surface area contributed by atoms with Gasteiger partial charge in [0.1, 0.15) is 5.75 Å². The van der Waals surface area contributed by atoms with E-state index in [2.05, 4.69) is 22.3 Å². The van der Waals surface area contributed by atoms with E-state index in [1.54, 1.807) is 7.11 Å². The van der Waals surface area contributed by atoms with Crippen LogP contribution in [-0.4, -0.2) is 31.4 Å². The summed E-state index contributed by atoms with van der Waals surface area (Å²) in [5, 5.41) is 13.9. The molecule has 2 aromatic rings. The summed E-state index contributed by atoms with van der Waals surface area (Å²) in [5.41, 5.74) is 3.27. The average Bonchev–Trinajstić information content (AvgIpc) is 2.61. The third kappa shape index (κ3) is 3.94. The summed E-state index contributed by atoms with van der Waals surface area (Å²) in [4.78, 5) is 2.32. The van der Waals surface area contributed by atoms with Gasteiger partial charge in [-0.3, -0.25) is 0 Å². The monoisotopic (exact) mass is 346 g/mol. The molecule has 0 bridgehead atoms. The van der Waals surface area contributed by atoms with Crippen LogP contribution in [0.1, 0.15) is 18.4 Å². The summed E-state index contributed by atoms with van der Waals surface area (Å²) < 4.78 is 5.41. The summed E-state index contributed by atoms with van der Waals surface area (Å²) in [5.74, 6) is 0.825. The van der Waals surface area contributed by atoms with Crippen LogP contribution in [0.3, 0.4) is 0 Å². The van der Waals surface area contributed by atoms with Crippen molar-refractivity contribution in [2.45, 2.75) is 25.5 Å². The quantitative estimate of drug-likeness (QED) is 0.861. The van der Waals surface area contributed by atoms with Crippen LogP contribution in [0.25, 0.3) is 0 Å². The van der Waals surface area contributed by atoms with Crippen LogP contribution < -0.4 is 15.0 Å². The van der Waals surface area contributed by atoms with Gasteiger partial charge in [0.25, 0.3) is 0 Å². The van der Waals surface area contributed by atoms with Crippen molar-refractivity contribution < 1.29 is 9.84 Å². The standard InChI is InChI=1S/C19H23ClN2O2/c1-24-19-7-6-15(20)12-14(19)13-21-17-4-2-3-5-18(17)22-10-8-16(23)9-11-22/h2-7,12,16,21,23H,8-11,13H2,1H3. The van der Waals surface area contributed by atoms with Gasteiger partial charge in [-0.05, 0) is 43.2 Å². The van der Waals surface area contributed by atoms with Gasteiger partial charge >= 0.3 is 0 Å². The highest BCUT2D eigenvalue weighted by Gasteiger charge is 2.19. The normalized spacial score (nSPS) is 15.4. The van der Waals surface area contributed by atoms with Crippen molar-refractivity contribution in [1.29, 1.82) is 0 Å². The van der Waals surface area contributed by atoms with E-state index < -0.39 is 0 Å². The number of methoxy groups -OCH3 is 1. The number of anilines is 2. The largest absolute Gasteiger partial charge is 0.496 e. The number of aliphatic hydroxyl groups is 1. The lowest BCUT2D eigenvalue weighted by atomic mass is 10.1. The number of aliphatic hydroxyl groups excluding tert-OH is 1. The van der Waals surface area contributed by atoms with Crippen molar-refractivity contribution >= 4 is 23.0 Å². The van der Waals surface area contributed by atoms with Crippen molar-refractivity contribution in [2.24, 2.45) is 0 Å². The van der Waals surface area contributed by atoms with E-state index in [9.17, 15) is 5.11 Å². The van der Waals surface area contributed by atoms with Crippen LogP contribution in [0.5, 0.6) is 5.75 Å². The number of halogens is 1. The Labute approximate surface area is 148 Å². The molecule has 128 valence electrons. The lowest BCUT2D eigenvalue weighted by Crippen LogP contribution is -2.36. The molecule has 0 saturated carbocycles. The van der Waals surface area contributed by atoms with E-state index in [1.165, 1.54) is 5.69 Å². The number of ether oxygens (including phenoxy) is 1. The average molecular weight is 347 g/mol. The predicted octanol–water partition coefficient (Wildman–Crippen LogP) is 3.92. The van der Waals surface area contributed by atoms with Crippen LogP contribution in [0.2, 0.25) is 5.02 Å². The maximum Gasteiger partial charge on any atom is 0.123 e. The van der Waals surface area contributed by atoms with E-state index in [-0.39, 0.29) is 6.10 Å². The number of piperidine rings is 1. The summed E-state index contributed by atoms with van der Waals surface area (Å²) in [6.45, 7) is 2.39. The molecule has 0 atom stereocenters. The van der Waals surface area contributed by atoms with Crippen LogP contribution in [0.15, 0.2) is 42.5 Å². The molecule has 1 fully saturated rings. The first-order valence-corrected chi connectivity index (χ1v) is 8.63. The minimum Gasteiger partial charge on any atom is -0.496 e. The maximum absolute atomic E-state index is 9.71. The summed E-state index contributed by atoms with van der Waals surface area (Å²) in [6.07, 6.45) is 1.46. The third-order valence-electron chi connectivity index (χ3n) is 4.42. The molecule has 0 aromatic heterocycles. The molecule has 0 unspecified atom stereocenters. The molecule has 1 aliphatic heterocycles. The summed E-state index contributed by atoms with van der Waals surface area (Å²) in [6, 6.07) is 13.9. The molecule has 5 heteroatoms. The zero-order valence-corrected chi connectivity index (χ0v) is 14.6. The molecule has 1 saturated heterocycles. The minimum atomic E-state index is -0.169. The van der Waals surface area contributed by atoms with Crippen LogP contribution in [0.4, 0.5) is 11.4 Å². The third-order valence-corrected chi connectivity index (χ3v) is 4.66. The van der Waals surface area contributed by atoms with Crippen LogP contribution in [-0.2, 0) is 6.54 Å². The molecule has 24 heavy (non-hydrogen) atoms. The number of para-hydroxylation sites is 2. The summed E-state index contributed by atoms with van der Waals surface area (Å²) in [7, 11) is 1.67. The first-order chi connectivity index (χ1) is 11.7. The van der Waals surface area contributed by atoms with Gasteiger partial charge < -0.3 is 20.1 Å². The van der Waals surface area contributed by atoms with Gasteiger partial charge in [0.15, 0.2) is 0 Å². The topological polar surface area (TPSA) is 44.7 Å². The number of nitrogens with zero attached hydrogens (tertiary/aromatic N) is 1. The molecular formula is C19H23ClN2O2. The lowest BCUT2D eigenvalue weighted by Gasteiger charge is -2.33. The van der Waals surface area contributed by atoms with Gasteiger partial charge in [0.05, 0.1) is 24.6 Å². The van der Waals surface area contributed by atoms with E-state index in [0.717, 1.165) is 42.9 Å². The second-order valence-electron chi connectivity index (χ2n) is 6.05. The van der Waals surface area contributed by atoms with E-state index in [4.69, 9.17) is 16.3 Å². The number of nitrogens with one attached hydrogen (secondary N) is 1. The van der Waals surface area contributed by atoms with Gasteiger partial charge in [-0.25, -0.2) is 0 Å². The molecule has 2 aromatic carbocycles. The van der Waals surface area contributed by atoms with Gasteiger partial charge in [-0.2, -0.15) is 0 Å². The Morgan fingerprint density at radius 3 is 2.71 bits per heavy atom. The van der Waals surface area contributed by atoms with Crippen molar-refractivity contribution in [2.75, 3.05) is 30.4 Å². The van der Waals surface area contributed by atoms with Gasteiger partial charge in [0, 0.05) is 30.2 Å². The molecule has 2 N–H and O–H groups in total. The number of benzene rings is 2. The van der Waals surface area contributed by atoms with Crippen molar-refractivity contribution in [3.05, 3.63) is 53.1 Å². The molecule has 0 spiro atoms. The number of hydrogen-bond donors (Lipinski definition) is 2. The highest BCUT2D eigenvalue weighted by Crippen LogP contribution is 2.30. The van der Waals surface area contributed by atoms with E-state index in [0.29, 0.717) is 11.6 Å². The highest BCUT2D eigenvalue weighted by atomic mass is 35.5. The molecule has 4 nitrogen and oxygen atoms in total. The zero-order valence-electron chi connectivity index (χ0n) is 13.8. The molecule has 1 heterocycles. The second-order valence-corrected chi connectivity index (χ2v) is 6.48. The Morgan fingerprint density at radius 2 is 1.96 bits per heavy atom. The highest BCUT2D eigenvalue weighted by molar-refractivity contribution is 6.30. The second kappa shape index (κ2) is 7.77. The van der Waals surface area contributed by atoms with E-state index in [1.807, 2.05) is 30.3 Å². The smallest absolute Gasteiger partial charge is 0.123 e. The molecule has 0 aliphatic carbocycles. The van der Waals surface area contributed by atoms with Crippen molar-refractivity contribution in [1.82, 2.24) is 0 Å². The Bertz CT molecular complexity index is 685. The first-order valence-electron chi connectivity index (χ1n) is 8.25. The molecule has 3 rings (SSSR count). The van der Waals surface area contributed by atoms with Gasteiger partial charge in [-0.15, -0.1) is 0 Å². The molecule has 0 radical (unpaired) electrons. The van der Waals surface area contributed by atoms with Gasteiger partial charge in [-0.1, -0.05) is 23.7 Å². The van der Waals surface area contributed by atoms with Gasteiger partial charge in [0.2, 0.25) is 0 Å².